The van der Waals surface area contributed by atoms with Gasteiger partial charge in [-0.05, 0) is 13.8 Å². The van der Waals surface area contributed by atoms with Crippen LogP contribution in [0.5, 0.6) is 0 Å². The number of hydrogen-bond donors (Lipinski definition) is 2. The number of nitrogens with one attached hydrogen (secondary N) is 1. The van der Waals surface area contributed by atoms with E-state index in [1.165, 1.54) is 17.8 Å². The highest BCUT2D eigenvalue weighted by molar-refractivity contribution is 5.97. The van der Waals surface area contributed by atoms with Gasteiger partial charge in [0.25, 0.3) is 11.8 Å². The SMILES string of the molecule is CNC(=O)c1cc(C(N)=O)nn1C(C)C. The minimum Gasteiger partial charge on any atom is -0.364 e. The van der Waals surface area contributed by atoms with Crippen LogP contribution in [0.1, 0.15) is 40.9 Å². The van der Waals surface area contributed by atoms with Gasteiger partial charge in [0.1, 0.15) is 5.69 Å². The highest BCUT2D eigenvalue weighted by atomic mass is 16.2. The molecule has 1 heterocycles. The molecule has 1 rings (SSSR count). The molecule has 0 saturated heterocycles. The smallest absolute Gasteiger partial charge is 0.269 e. The topological polar surface area (TPSA) is 90.0 Å². The quantitative estimate of drug-likeness (QED) is 0.731. The Labute approximate surface area is 87.4 Å². The minimum atomic E-state index is -0.639. The summed E-state index contributed by atoms with van der Waals surface area (Å²) in [4.78, 5) is 22.4. The molecule has 0 spiro atoms. The van der Waals surface area contributed by atoms with Crippen LogP contribution in [0.4, 0.5) is 0 Å². The Morgan fingerprint density at radius 1 is 1.53 bits per heavy atom. The van der Waals surface area contributed by atoms with Crippen molar-refractivity contribution in [3.05, 3.63) is 17.5 Å². The van der Waals surface area contributed by atoms with E-state index in [4.69, 9.17) is 5.73 Å². The maximum Gasteiger partial charge on any atom is 0.269 e. The van der Waals surface area contributed by atoms with Crippen molar-refractivity contribution in [2.45, 2.75) is 19.9 Å². The monoisotopic (exact) mass is 210 g/mol. The summed E-state index contributed by atoms with van der Waals surface area (Å²) in [5, 5.41) is 6.44. The lowest BCUT2D eigenvalue weighted by atomic mass is 10.3. The van der Waals surface area contributed by atoms with Gasteiger partial charge in [-0.1, -0.05) is 0 Å². The first-order valence-electron chi connectivity index (χ1n) is 4.58. The van der Waals surface area contributed by atoms with Gasteiger partial charge in [-0.15, -0.1) is 0 Å². The molecule has 6 nitrogen and oxygen atoms in total. The highest BCUT2D eigenvalue weighted by Crippen LogP contribution is 2.10. The van der Waals surface area contributed by atoms with Crippen molar-refractivity contribution in [3.8, 4) is 0 Å². The zero-order valence-electron chi connectivity index (χ0n) is 8.94. The molecule has 0 aliphatic rings. The number of amides is 2. The van der Waals surface area contributed by atoms with Gasteiger partial charge >= 0.3 is 0 Å². The van der Waals surface area contributed by atoms with Crippen LogP contribution in [0.15, 0.2) is 6.07 Å². The summed E-state index contributed by atoms with van der Waals surface area (Å²) in [6.07, 6.45) is 0. The fraction of sp³-hybridized carbons (Fsp3) is 0.444. The van der Waals surface area contributed by atoms with Crippen molar-refractivity contribution in [1.82, 2.24) is 15.1 Å². The number of hydrogen-bond acceptors (Lipinski definition) is 3. The van der Waals surface area contributed by atoms with Gasteiger partial charge in [-0.3, -0.25) is 14.3 Å². The molecule has 0 fully saturated rings. The van der Waals surface area contributed by atoms with E-state index in [0.717, 1.165) is 0 Å². The number of carbonyl (C=O) groups is 2. The summed E-state index contributed by atoms with van der Waals surface area (Å²) in [5.41, 5.74) is 5.53. The van der Waals surface area contributed by atoms with Crippen LogP contribution in [0, 0.1) is 0 Å². The summed E-state index contributed by atoms with van der Waals surface area (Å²) >= 11 is 0. The van der Waals surface area contributed by atoms with E-state index in [-0.39, 0.29) is 17.6 Å². The van der Waals surface area contributed by atoms with Crippen LogP contribution in [0.25, 0.3) is 0 Å². The summed E-state index contributed by atoms with van der Waals surface area (Å²) in [7, 11) is 1.52. The second-order valence-electron chi connectivity index (χ2n) is 3.40. The molecule has 6 heteroatoms. The van der Waals surface area contributed by atoms with Gasteiger partial charge in [-0.25, -0.2) is 0 Å². The fourth-order valence-electron chi connectivity index (χ4n) is 1.21. The number of primary amides is 1. The van der Waals surface area contributed by atoms with Gasteiger partial charge in [0.15, 0.2) is 5.69 Å². The van der Waals surface area contributed by atoms with Gasteiger partial charge in [0.05, 0.1) is 0 Å². The molecule has 0 radical (unpaired) electrons. The second kappa shape index (κ2) is 4.12. The number of nitrogens with zero attached hydrogens (tertiary/aromatic N) is 2. The predicted molar refractivity (Wildman–Crippen MR) is 54.5 cm³/mol. The van der Waals surface area contributed by atoms with Crippen molar-refractivity contribution in [2.24, 2.45) is 5.73 Å². The standard InChI is InChI=1S/C9H14N4O2/c1-5(2)13-7(9(15)11-3)4-6(12-13)8(10)14/h4-5H,1-3H3,(H2,10,14)(H,11,15). The maximum atomic E-state index is 11.5. The average Bonchev–Trinajstić information content (AvgIpc) is 2.61. The van der Waals surface area contributed by atoms with E-state index in [9.17, 15) is 9.59 Å². The molecule has 15 heavy (non-hydrogen) atoms. The molecule has 82 valence electrons. The van der Waals surface area contributed by atoms with Gasteiger partial charge in [-0.2, -0.15) is 5.10 Å². The summed E-state index contributed by atoms with van der Waals surface area (Å²) < 4.78 is 1.47. The predicted octanol–water partition coefficient (Wildman–Crippen LogP) is -0.0775. The van der Waals surface area contributed by atoms with Gasteiger partial charge < -0.3 is 11.1 Å². The third-order valence-corrected chi connectivity index (χ3v) is 1.94. The molecule has 0 atom stereocenters. The third kappa shape index (κ3) is 2.15. The zero-order chi connectivity index (χ0) is 11.6. The molecule has 1 aromatic heterocycles. The zero-order valence-corrected chi connectivity index (χ0v) is 8.94. The molecule has 0 aromatic carbocycles. The van der Waals surface area contributed by atoms with Crippen LogP contribution < -0.4 is 11.1 Å². The van der Waals surface area contributed by atoms with Crippen molar-refractivity contribution >= 4 is 11.8 Å². The molecule has 3 N–H and O–H groups in total. The Morgan fingerprint density at radius 3 is 2.53 bits per heavy atom. The van der Waals surface area contributed by atoms with E-state index >= 15 is 0 Å². The van der Waals surface area contributed by atoms with E-state index in [1.54, 1.807) is 0 Å². The van der Waals surface area contributed by atoms with Crippen molar-refractivity contribution in [3.63, 3.8) is 0 Å². The summed E-state index contributed by atoms with van der Waals surface area (Å²) in [6.45, 7) is 3.73. The first-order valence-corrected chi connectivity index (χ1v) is 4.58. The molecule has 2 amide bonds. The summed E-state index contributed by atoms with van der Waals surface area (Å²) in [5.74, 6) is -0.928. The van der Waals surface area contributed by atoms with Gasteiger partial charge in [0, 0.05) is 19.2 Å². The average molecular weight is 210 g/mol. The Balaban J connectivity index is 3.23. The number of nitrogens with two attached hydrogens (primary N) is 1. The Bertz CT molecular complexity index is 395. The number of rotatable bonds is 3. The Morgan fingerprint density at radius 2 is 2.13 bits per heavy atom. The lowest BCUT2D eigenvalue weighted by Gasteiger charge is -2.08. The fourth-order valence-corrected chi connectivity index (χ4v) is 1.21. The number of aromatic nitrogens is 2. The van der Waals surface area contributed by atoms with Crippen LogP contribution in [-0.2, 0) is 0 Å². The number of carbonyl (C=O) groups excluding carboxylic acids is 2. The first kappa shape index (κ1) is 11.2. The molecular weight excluding hydrogens is 196 g/mol. The van der Waals surface area contributed by atoms with E-state index in [2.05, 4.69) is 10.4 Å². The normalized spacial score (nSPS) is 10.4. The highest BCUT2D eigenvalue weighted by Gasteiger charge is 2.18. The van der Waals surface area contributed by atoms with Crippen LogP contribution >= 0.6 is 0 Å². The van der Waals surface area contributed by atoms with E-state index < -0.39 is 5.91 Å². The summed E-state index contributed by atoms with van der Waals surface area (Å²) in [6, 6.07) is 1.38. The van der Waals surface area contributed by atoms with E-state index in [0.29, 0.717) is 5.69 Å². The molecule has 0 aliphatic carbocycles. The molecule has 1 aromatic rings. The first-order chi connectivity index (χ1) is 6.97. The third-order valence-electron chi connectivity index (χ3n) is 1.94. The molecule has 0 unspecified atom stereocenters. The lowest BCUT2D eigenvalue weighted by molar-refractivity contribution is 0.0949. The Kier molecular flexibility index (Phi) is 3.08. The van der Waals surface area contributed by atoms with Crippen molar-refractivity contribution in [1.29, 1.82) is 0 Å². The molecule has 0 saturated carbocycles. The van der Waals surface area contributed by atoms with Crippen LogP contribution in [0.3, 0.4) is 0 Å². The second-order valence-corrected chi connectivity index (χ2v) is 3.40. The van der Waals surface area contributed by atoms with E-state index in [1.807, 2.05) is 13.8 Å². The molecule has 0 aliphatic heterocycles. The molecular formula is C9H14N4O2. The van der Waals surface area contributed by atoms with Crippen LogP contribution in [0.2, 0.25) is 0 Å². The van der Waals surface area contributed by atoms with Gasteiger partial charge in [0.2, 0.25) is 0 Å². The molecule has 0 bridgehead atoms. The Hall–Kier alpha value is -1.85. The largest absolute Gasteiger partial charge is 0.364 e. The van der Waals surface area contributed by atoms with Crippen molar-refractivity contribution < 1.29 is 9.59 Å². The minimum absolute atomic E-state index is 0.00889. The van der Waals surface area contributed by atoms with Crippen LogP contribution in [-0.4, -0.2) is 28.6 Å². The lowest BCUT2D eigenvalue weighted by Crippen LogP contribution is -2.22. The van der Waals surface area contributed by atoms with Crippen molar-refractivity contribution in [2.75, 3.05) is 7.05 Å². The maximum absolute atomic E-state index is 11.5.